The second-order valence-electron chi connectivity index (χ2n) is 5.67. The fourth-order valence-electron chi connectivity index (χ4n) is 2.41. The van der Waals surface area contributed by atoms with Gasteiger partial charge in [0.1, 0.15) is 17.1 Å². The van der Waals surface area contributed by atoms with Gasteiger partial charge >= 0.3 is 0 Å². The van der Waals surface area contributed by atoms with Crippen LogP contribution in [0, 0.1) is 13.8 Å². The standard InChI is InChI=1S/C20H19NO3/c1-13-4-5-16(10-14(13)2)21-20(22)9-7-18-12-15-11-17(23-3)6-8-19(15)24-18/h4-12H,1-3H3,(H,21,22). The Kier molecular flexibility index (Phi) is 4.38. The highest BCUT2D eigenvalue weighted by Crippen LogP contribution is 2.24. The minimum atomic E-state index is -0.198. The molecule has 0 spiro atoms. The minimum absolute atomic E-state index is 0.198. The average Bonchev–Trinajstić information content (AvgIpc) is 2.98. The average molecular weight is 321 g/mol. The Bertz CT molecular complexity index is 922. The molecule has 0 radical (unpaired) electrons. The number of anilines is 1. The zero-order valence-corrected chi connectivity index (χ0v) is 13.9. The number of benzene rings is 2. The third-order valence-corrected chi connectivity index (χ3v) is 3.92. The first-order valence-corrected chi connectivity index (χ1v) is 7.69. The topological polar surface area (TPSA) is 51.5 Å². The molecule has 3 rings (SSSR count). The molecule has 0 aliphatic carbocycles. The highest BCUT2D eigenvalue weighted by Gasteiger charge is 2.04. The lowest BCUT2D eigenvalue weighted by molar-refractivity contribution is -0.111. The van der Waals surface area contributed by atoms with Gasteiger partial charge in [-0.05, 0) is 67.4 Å². The summed E-state index contributed by atoms with van der Waals surface area (Å²) in [6, 6.07) is 13.3. The molecule has 1 amide bonds. The van der Waals surface area contributed by atoms with Gasteiger partial charge in [0.2, 0.25) is 5.91 Å². The molecule has 4 heteroatoms. The number of hydrogen-bond donors (Lipinski definition) is 1. The smallest absolute Gasteiger partial charge is 0.248 e. The van der Waals surface area contributed by atoms with Crippen LogP contribution in [0.1, 0.15) is 16.9 Å². The molecule has 1 N–H and O–H groups in total. The molecule has 0 aliphatic heterocycles. The number of amides is 1. The van der Waals surface area contributed by atoms with Crippen LogP contribution in [-0.4, -0.2) is 13.0 Å². The van der Waals surface area contributed by atoms with Crippen molar-refractivity contribution in [3.05, 3.63) is 65.4 Å². The molecule has 0 bridgehead atoms. The number of carbonyl (C=O) groups excluding carboxylic acids is 1. The maximum atomic E-state index is 12.0. The van der Waals surface area contributed by atoms with Crippen molar-refractivity contribution in [1.82, 2.24) is 0 Å². The largest absolute Gasteiger partial charge is 0.497 e. The van der Waals surface area contributed by atoms with E-state index in [1.807, 2.05) is 56.3 Å². The summed E-state index contributed by atoms with van der Waals surface area (Å²) in [4.78, 5) is 12.0. The van der Waals surface area contributed by atoms with E-state index >= 15 is 0 Å². The van der Waals surface area contributed by atoms with Gasteiger partial charge in [-0.25, -0.2) is 0 Å². The maximum Gasteiger partial charge on any atom is 0.248 e. The molecule has 1 heterocycles. The first-order chi connectivity index (χ1) is 11.5. The van der Waals surface area contributed by atoms with Crippen LogP contribution >= 0.6 is 0 Å². The van der Waals surface area contributed by atoms with E-state index in [0.29, 0.717) is 5.76 Å². The molecule has 3 aromatic rings. The number of nitrogens with one attached hydrogen (secondary N) is 1. The predicted octanol–water partition coefficient (Wildman–Crippen LogP) is 4.71. The highest BCUT2D eigenvalue weighted by molar-refractivity contribution is 6.02. The Morgan fingerprint density at radius 1 is 1.08 bits per heavy atom. The first-order valence-electron chi connectivity index (χ1n) is 7.69. The summed E-state index contributed by atoms with van der Waals surface area (Å²) in [7, 11) is 1.62. The summed E-state index contributed by atoms with van der Waals surface area (Å²) in [6.07, 6.45) is 3.12. The Labute approximate surface area is 140 Å². The van der Waals surface area contributed by atoms with Crippen molar-refractivity contribution < 1.29 is 13.9 Å². The maximum absolute atomic E-state index is 12.0. The van der Waals surface area contributed by atoms with Crippen LogP contribution in [0.25, 0.3) is 17.0 Å². The number of hydrogen-bond acceptors (Lipinski definition) is 3. The highest BCUT2D eigenvalue weighted by atomic mass is 16.5. The Balaban J connectivity index is 1.72. The van der Waals surface area contributed by atoms with Crippen molar-refractivity contribution in [1.29, 1.82) is 0 Å². The molecule has 24 heavy (non-hydrogen) atoms. The van der Waals surface area contributed by atoms with Crippen molar-refractivity contribution in [2.45, 2.75) is 13.8 Å². The number of methoxy groups -OCH3 is 1. The normalized spacial score (nSPS) is 11.1. The first kappa shape index (κ1) is 15.9. The summed E-state index contributed by atoms with van der Waals surface area (Å²) >= 11 is 0. The monoisotopic (exact) mass is 321 g/mol. The van der Waals surface area contributed by atoms with Crippen LogP contribution in [0.3, 0.4) is 0 Å². The second-order valence-corrected chi connectivity index (χ2v) is 5.67. The minimum Gasteiger partial charge on any atom is -0.497 e. The van der Waals surface area contributed by atoms with E-state index in [4.69, 9.17) is 9.15 Å². The number of carbonyl (C=O) groups is 1. The van der Waals surface area contributed by atoms with Crippen LogP contribution in [-0.2, 0) is 4.79 Å². The van der Waals surface area contributed by atoms with Crippen LogP contribution in [0.15, 0.2) is 53.0 Å². The van der Waals surface area contributed by atoms with Gasteiger partial charge in [0.25, 0.3) is 0 Å². The van der Waals surface area contributed by atoms with Gasteiger partial charge in [-0.1, -0.05) is 6.07 Å². The summed E-state index contributed by atoms with van der Waals surface area (Å²) < 4.78 is 10.9. The fraction of sp³-hybridized carbons (Fsp3) is 0.150. The van der Waals surface area contributed by atoms with E-state index in [0.717, 1.165) is 28.0 Å². The molecule has 0 aliphatic rings. The number of fused-ring (bicyclic) bond motifs is 1. The zero-order chi connectivity index (χ0) is 17.1. The number of ether oxygens (including phenoxy) is 1. The van der Waals surface area contributed by atoms with Crippen LogP contribution in [0.2, 0.25) is 0 Å². The summed E-state index contributed by atoms with van der Waals surface area (Å²) in [5, 5.41) is 3.78. The molecule has 122 valence electrons. The van der Waals surface area contributed by atoms with Crippen molar-refractivity contribution >= 4 is 28.6 Å². The molecular formula is C20H19NO3. The quantitative estimate of drug-likeness (QED) is 0.708. The molecule has 0 saturated heterocycles. The molecule has 1 aromatic heterocycles. The summed E-state index contributed by atoms with van der Waals surface area (Å²) in [5.74, 6) is 1.19. The zero-order valence-electron chi connectivity index (χ0n) is 13.9. The molecular weight excluding hydrogens is 302 g/mol. The summed E-state index contributed by atoms with van der Waals surface area (Å²) in [5.41, 5.74) is 3.87. The van der Waals surface area contributed by atoms with Crippen molar-refractivity contribution in [2.24, 2.45) is 0 Å². The molecule has 0 saturated carbocycles. The van der Waals surface area contributed by atoms with Gasteiger partial charge < -0.3 is 14.5 Å². The van der Waals surface area contributed by atoms with Crippen LogP contribution in [0.4, 0.5) is 5.69 Å². The van der Waals surface area contributed by atoms with Gasteiger partial charge in [0.15, 0.2) is 0 Å². The van der Waals surface area contributed by atoms with Gasteiger partial charge in [-0.3, -0.25) is 4.79 Å². The van der Waals surface area contributed by atoms with Gasteiger partial charge in [0, 0.05) is 17.1 Å². The molecule has 4 nitrogen and oxygen atoms in total. The van der Waals surface area contributed by atoms with Gasteiger partial charge in [0.05, 0.1) is 7.11 Å². The summed E-state index contributed by atoms with van der Waals surface area (Å²) in [6.45, 7) is 4.06. The van der Waals surface area contributed by atoms with Crippen molar-refractivity contribution in [3.63, 3.8) is 0 Å². The second kappa shape index (κ2) is 6.62. The van der Waals surface area contributed by atoms with Crippen LogP contribution in [0.5, 0.6) is 5.75 Å². The van der Waals surface area contributed by atoms with Crippen LogP contribution < -0.4 is 10.1 Å². The lowest BCUT2D eigenvalue weighted by Crippen LogP contribution is -2.07. The Morgan fingerprint density at radius 3 is 2.67 bits per heavy atom. The Hall–Kier alpha value is -3.01. The molecule has 2 aromatic carbocycles. The van der Waals surface area contributed by atoms with Gasteiger partial charge in [-0.2, -0.15) is 0 Å². The van der Waals surface area contributed by atoms with E-state index in [-0.39, 0.29) is 5.91 Å². The third kappa shape index (κ3) is 3.49. The SMILES string of the molecule is COc1ccc2oc(C=CC(=O)Nc3ccc(C)c(C)c3)cc2c1. The van der Waals surface area contributed by atoms with E-state index in [9.17, 15) is 4.79 Å². The fourth-order valence-corrected chi connectivity index (χ4v) is 2.41. The third-order valence-electron chi connectivity index (χ3n) is 3.92. The van der Waals surface area contributed by atoms with Crippen molar-refractivity contribution in [3.8, 4) is 5.75 Å². The molecule has 0 unspecified atom stereocenters. The lowest BCUT2D eigenvalue weighted by Gasteiger charge is -2.05. The van der Waals surface area contributed by atoms with E-state index < -0.39 is 0 Å². The number of furan rings is 1. The van der Waals surface area contributed by atoms with E-state index in [1.54, 1.807) is 13.2 Å². The van der Waals surface area contributed by atoms with Gasteiger partial charge in [-0.15, -0.1) is 0 Å². The lowest BCUT2D eigenvalue weighted by atomic mass is 10.1. The van der Waals surface area contributed by atoms with E-state index in [1.165, 1.54) is 11.6 Å². The number of rotatable bonds is 4. The predicted molar refractivity (Wildman–Crippen MR) is 96.3 cm³/mol. The molecule has 0 atom stereocenters. The number of aryl methyl sites for hydroxylation is 2. The van der Waals surface area contributed by atoms with Crippen molar-refractivity contribution in [2.75, 3.05) is 12.4 Å². The van der Waals surface area contributed by atoms with E-state index in [2.05, 4.69) is 5.32 Å². The Morgan fingerprint density at radius 2 is 1.92 bits per heavy atom. The molecule has 0 fully saturated rings.